The topological polar surface area (TPSA) is 83.6 Å². The van der Waals surface area contributed by atoms with E-state index in [1.54, 1.807) is 23.1 Å². The summed E-state index contributed by atoms with van der Waals surface area (Å²) in [4.78, 5) is 27.8. The maximum Gasteiger partial charge on any atom is 0.268 e. The summed E-state index contributed by atoms with van der Waals surface area (Å²) in [6, 6.07) is 12.4. The molecule has 3 rings (SSSR count). The Morgan fingerprint density at radius 3 is 1.93 bits per heavy atom. The second kappa shape index (κ2) is 9.02. The van der Waals surface area contributed by atoms with Gasteiger partial charge in [-0.15, -0.1) is 0 Å². The van der Waals surface area contributed by atoms with E-state index in [-0.39, 0.29) is 22.5 Å². The van der Waals surface area contributed by atoms with Crippen molar-refractivity contribution in [2.24, 2.45) is 0 Å². The van der Waals surface area contributed by atoms with Crippen LogP contribution in [0.1, 0.15) is 47.4 Å². The number of halogens is 1. The van der Waals surface area contributed by atoms with Crippen LogP contribution in [0, 0.1) is 0 Å². The van der Waals surface area contributed by atoms with Gasteiger partial charge >= 0.3 is 0 Å². The van der Waals surface area contributed by atoms with Gasteiger partial charge in [0, 0.05) is 34.9 Å². The molecule has 1 aliphatic carbocycles. The fourth-order valence-corrected chi connectivity index (χ4v) is 4.98. The first-order chi connectivity index (χ1) is 14.3. The molecule has 1 N–H and O–H groups in total. The quantitative estimate of drug-likeness (QED) is 0.645. The highest BCUT2D eigenvalue weighted by molar-refractivity contribution is 7.97. The number of carbonyl (C=O) groups excluding carboxylic acids is 2. The molecule has 0 bridgehead atoms. The molecule has 0 fully saturated rings. The van der Waals surface area contributed by atoms with Crippen molar-refractivity contribution >= 4 is 38.9 Å². The number of ketones is 2. The molecule has 0 saturated carbocycles. The maximum absolute atomic E-state index is 13.3. The molecule has 0 heterocycles. The van der Waals surface area contributed by atoms with Crippen LogP contribution in [0.2, 0.25) is 5.02 Å². The standard InChI is InChI=1S/C22H23ClN2O4S/c1-3-13-25(14-4-2)19-20(26)17-7-5-6-8-18(17)21(27)22(19)30(28,29)24-16-11-9-15(23)10-12-16/h5-12,24H,3-4,13-14H2,1-2H3. The number of benzene rings is 2. The molecule has 1 aliphatic rings. The summed E-state index contributed by atoms with van der Waals surface area (Å²) >= 11 is 5.87. The van der Waals surface area contributed by atoms with Gasteiger partial charge < -0.3 is 4.90 Å². The van der Waals surface area contributed by atoms with E-state index >= 15 is 0 Å². The summed E-state index contributed by atoms with van der Waals surface area (Å²) in [7, 11) is -4.33. The number of carbonyl (C=O) groups is 2. The highest BCUT2D eigenvalue weighted by Gasteiger charge is 2.41. The van der Waals surface area contributed by atoms with Gasteiger partial charge in [-0.05, 0) is 37.1 Å². The minimum Gasteiger partial charge on any atom is -0.367 e. The molecule has 0 saturated heterocycles. The first-order valence-electron chi connectivity index (χ1n) is 9.76. The number of sulfonamides is 1. The molecule has 0 aliphatic heterocycles. The van der Waals surface area contributed by atoms with Crippen molar-refractivity contribution in [1.29, 1.82) is 0 Å². The number of rotatable bonds is 8. The summed E-state index contributed by atoms with van der Waals surface area (Å²) in [5, 5.41) is 0.452. The van der Waals surface area contributed by atoms with Gasteiger partial charge in [0.2, 0.25) is 11.6 Å². The zero-order valence-corrected chi connectivity index (χ0v) is 18.4. The molecule has 0 amide bonds. The molecule has 2 aromatic carbocycles. The Morgan fingerprint density at radius 2 is 1.40 bits per heavy atom. The average Bonchev–Trinajstić information content (AvgIpc) is 2.72. The van der Waals surface area contributed by atoms with Gasteiger partial charge in [-0.3, -0.25) is 14.3 Å². The predicted octanol–water partition coefficient (Wildman–Crippen LogP) is 4.49. The van der Waals surface area contributed by atoms with E-state index in [0.29, 0.717) is 31.0 Å². The minimum atomic E-state index is -4.33. The van der Waals surface area contributed by atoms with E-state index in [2.05, 4.69) is 4.72 Å². The number of allylic oxidation sites excluding steroid dienone is 2. The fourth-order valence-electron chi connectivity index (χ4n) is 3.48. The van der Waals surface area contributed by atoms with Crippen molar-refractivity contribution < 1.29 is 18.0 Å². The van der Waals surface area contributed by atoms with Gasteiger partial charge in [-0.2, -0.15) is 0 Å². The Hall–Kier alpha value is -2.64. The monoisotopic (exact) mass is 446 g/mol. The van der Waals surface area contributed by atoms with Crippen LogP contribution in [-0.2, 0) is 10.0 Å². The number of nitrogens with one attached hydrogen (secondary N) is 1. The van der Waals surface area contributed by atoms with Crippen molar-refractivity contribution in [1.82, 2.24) is 4.90 Å². The Bertz CT molecular complexity index is 1100. The van der Waals surface area contributed by atoms with E-state index in [0.717, 1.165) is 0 Å². The van der Waals surface area contributed by atoms with Crippen molar-refractivity contribution in [2.45, 2.75) is 26.7 Å². The minimum absolute atomic E-state index is 0.0659. The lowest BCUT2D eigenvalue weighted by Crippen LogP contribution is -2.38. The molecule has 0 atom stereocenters. The zero-order chi connectivity index (χ0) is 21.9. The number of Topliss-reactive ketones (excluding diaryl/α,β-unsaturated/α-hetero) is 2. The molecule has 8 heteroatoms. The van der Waals surface area contributed by atoms with E-state index in [1.165, 1.54) is 30.3 Å². The van der Waals surface area contributed by atoms with Gasteiger partial charge in [-0.1, -0.05) is 49.7 Å². The van der Waals surface area contributed by atoms with Crippen LogP contribution in [0.4, 0.5) is 5.69 Å². The van der Waals surface area contributed by atoms with Crippen LogP contribution in [0.3, 0.4) is 0 Å². The molecular weight excluding hydrogens is 424 g/mol. The van der Waals surface area contributed by atoms with Crippen LogP contribution in [0.25, 0.3) is 0 Å². The molecule has 6 nitrogen and oxygen atoms in total. The second-order valence-corrected chi connectivity index (χ2v) is 9.04. The lowest BCUT2D eigenvalue weighted by molar-refractivity contribution is 0.0946. The Balaban J connectivity index is 2.20. The summed E-state index contributed by atoms with van der Waals surface area (Å²) < 4.78 is 29.1. The van der Waals surface area contributed by atoms with Crippen molar-refractivity contribution in [2.75, 3.05) is 17.8 Å². The molecule has 0 aromatic heterocycles. The van der Waals surface area contributed by atoms with Gasteiger partial charge in [0.1, 0.15) is 5.70 Å². The molecule has 2 aromatic rings. The zero-order valence-electron chi connectivity index (χ0n) is 16.8. The van der Waals surface area contributed by atoms with E-state index in [9.17, 15) is 18.0 Å². The van der Waals surface area contributed by atoms with Gasteiger partial charge in [0.25, 0.3) is 10.0 Å². The summed E-state index contributed by atoms with van der Waals surface area (Å²) in [5.74, 6) is -1.14. The number of hydrogen-bond acceptors (Lipinski definition) is 5. The van der Waals surface area contributed by atoms with E-state index in [4.69, 9.17) is 11.6 Å². The third-order valence-electron chi connectivity index (χ3n) is 4.72. The molecule has 0 radical (unpaired) electrons. The predicted molar refractivity (Wildman–Crippen MR) is 118 cm³/mol. The van der Waals surface area contributed by atoms with Crippen LogP contribution in [0.5, 0.6) is 0 Å². The smallest absolute Gasteiger partial charge is 0.268 e. The normalized spacial score (nSPS) is 14.0. The van der Waals surface area contributed by atoms with Crippen LogP contribution in [-0.4, -0.2) is 38.0 Å². The number of nitrogens with zero attached hydrogens (tertiary/aromatic N) is 1. The summed E-state index contributed by atoms with van der Waals surface area (Å²) in [5.41, 5.74) is 0.502. The molecule has 30 heavy (non-hydrogen) atoms. The first kappa shape index (κ1) is 22.1. The second-order valence-electron chi connectivity index (χ2n) is 6.98. The van der Waals surface area contributed by atoms with E-state index in [1.807, 2.05) is 13.8 Å². The largest absolute Gasteiger partial charge is 0.367 e. The van der Waals surface area contributed by atoms with Crippen LogP contribution < -0.4 is 4.72 Å². The van der Waals surface area contributed by atoms with Gasteiger partial charge in [0.05, 0.1) is 0 Å². The highest BCUT2D eigenvalue weighted by atomic mass is 35.5. The van der Waals surface area contributed by atoms with Gasteiger partial charge in [-0.25, -0.2) is 8.42 Å². The fraction of sp³-hybridized carbons (Fsp3) is 0.273. The summed E-state index contributed by atoms with van der Waals surface area (Å²) in [6.07, 6.45) is 1.40. The molecule has 158 valence electrons. The Kier molecular flexibility index (Phi) is 6.63. The Labute approximate surface area is 181 Å². The third-order valence-corrected chi connectivity index (χ3v) is 6.39. The van der Waals surface area contributed by atoms with Crippen molar-refractivity contribution in [3.05, 3.63) is 75.3 Å². The summed E-state index contributed by atoms with van der Waals surface area (Å²) in [6.45, 7) is 4.80. The van der Waals surface area contributed by atoms with Gasteiger partial charge in [0.15, 0.2) is 4.91 Å². The number of anilines is 1. The van der Waals surface area contributed by atoms with Crippen molar-refractivity contribution in [3.8, 4) is 0 Å². The van der Waals surface area contributed by atoms with Crippen molar-refractivity contribution in [3.63, 3.8) is 0 Å². The lowest BCUT2D eigenvalue weighted by atomic mass is 9.91. The maximum atomic E-state index is 13.3. The van der Waals surface area contributed by atoms with Crippen LogP contribution >= 0.6 is 11.6 Å². The first-order valence-corrected chi connectivity index (χ1v) is 11.6. The molecular formula is C22H23ClN2O4S. The SMILES string of the molecule is CCCN(CCC)C1=C(S(=O)(=O)Nc2ccc(Cl)cc2)C(=O)c2ccccc2C1=O. The lowest BCUT2D eigenvalue weighted by Gasteiger charge is -2.31. The Morgan fingerprint density at radius 1 is 0.867 bits per heavy atom. The van der Waals surface area contributed by atoms with E-state index < -0.39 is 26.5 Å². The van der Waals surface area contributed by atoms with Crippen LogP contribution in [0.15, 0.2) is 59.1 Å². The highest BCUT2D eigenvalue weighted by Crippen LogP contribution is 2.32. The molecule has 0 spiro atoms. The average molecular weight is 447 g/mol. The molecule has 0 unspecified atom stereocenters. The number of hydrogen-bond donors (Lipinski definition) is 1. The number of fused-ring (bicyclic) bond motifs is 1. The third kappa shape index (κ3) is 4.27.